The Morgan fingerprint density at radius 3 is 2.71 bits per heavy atom. The Morgan fingerprint density at radius 1 is 1.43 bits per heavy atom. The zero-order valence-corrected chi connectivity index (χ0v) is 12.2. The summed E-state index contributed by atoms with van der Waals surface area (Å²) in [6, 6.07) is 5.19. The van der Waals surface area contributed by atoms with Crippen LogP contribution in [0.15, 0.2) is 39.7 Å². The van der Waals surface area contributed by atoms with Crippen molar-refractivity contribution in [3.05, 3.63) is 61.0 Å². The number of ether oxygens (including phenoxy) is 1. The van der Waals surface area contributed by atoms with Crippen LogP contribution in [-0.2, 0) is 4.74 Å². The van der Waals surface area contributed by atoms with Gasteiger partial charge in [-0.2, -0.15) is 5.10 Å². The standard InChI is InChI=1S/C12H8BrN3O5/c1-21-12(18)11-10(17)4-5-15(14-11)9-3-2-7(16(19)20)6-8(9)13/h2-6H,1H3. The lowest BCUT2D eigenvalue weighted by atomic mass is 10.3. The Bertz CT molecular complexity index is 787. The van der Waals surface area contributed by atoms with Crippen molar-refractivity contribution < 1.29 is 14.5 Å². The molecule has 0 aliphatic heterocycles. The van der Waals surface area contributed by atoms with Crippen molar-refractivity contribution in [2.45, 2.75) is 0 Å². The van der Waals surface area contributed by atoms with Crippen LogP contribution in [-0.4, -0.2) is 27.8 Å². The van der Waals surface area contributed by atoms with Crippen LogP contribution >= 0.6 is 15.9 Å². The van der Waals surface area contributed by atoms with Crippen molar-refractivity contribution in [2.24, 2.45) is 0 Å². The molecule has 0 spiro atoms. The normalized spacial score (nSPS) is 10.2. The number of hydrogen-bond acceptors (Lipinski definition) is 6. The molecule has 0 radical (unpaired) electrons. The smallest absolute Gasteiger partial charge is 0.362 e. The average Bonchev–Trinajstić information content (AvgIpc) is 2.47. The van der Waals surface area contributed by atoms with Crippen molar-refractivity contribution in [1.82, 2.24) is 9.78 Å². The van der Waals surface area contributed by atoms with E-state index in [1.807, 2.05) is 0 Å². The Kier molecular flexibility index (Phi) is 4.13. The lowest BCUT2D eigenvalue weighted by Crippen LogP contribution is -2.21. The van der Waals surface area contributed by atoms with E-state index in [1.165, 1.54) is 29.1 Å². The van der Waals surface area contributed by atoms with E-state index in [2.05, 4.69) is 25.8 Å². The molecule has 1 aromatic carbocycles. The van der Waals surface area contributed by atoms with Crippen LogP contribution in [0.4, 0.5) is 5.69 Å². The minimum absolute atomic E-state index is 0.0974. The van der Waals surface area contributed by atoms with Gasteiger partial charge in [0.2, 0.25) is 11.1 Å². The number of methoxy groups -OCH3 is 1. The van der Waals surface area contributed by atoms with E-state index in [1.54, 1.807) is 0 Å². The fourth-order valence-corrected chi connectivity index (χ4v) is 2.12. The number of esters is 1. The molecule has 0 amide bonds. The molecular weight excluding hydrogens is 346 g/mol. The average molecular weight is 354 g/mol. The van der Waals surface area contributed by atoms with Gasteiger partial charge in [-0.05, 0) is 22.0 Å². The summed E-state index contributed by atoms with van der Waals surface area (Å²) in [4.78, 5) is 33.2. The van der Waals surface area contributed by atoms with Gasteiger partial charge in [0, 0.05) is 24.4 Å². The molecule has 2 rings (SSSR count). The molecule has 1 heterocycles. The number of carbonyl (C=O) groups excluding carboxylic acids is 1. The fourth-order valence-electron chi connectivity index (χ4n) is 1.58. The van der Waals surface area contributed by atoms with Crippen LogP contribution in [0, 0.1) is 10.1 Å². The van der Waals surface area contributed by atoms with Crippen molar-refractivity contribution in [2.75, 3.05) is 7.11 Å². The first-order chi connectivity index (χ1) is 9.93. The maximum absolute atomic E-state index is 11.6. The van der Waals surface area contributed by atoms with Gasteiger partial charge >= 0.3 is 5.97 Å². The summed E-state index contributed by atoms with van der Waals surface area (Å²) in [6.07, 6.45) is 1.35. The number of non-ortho nitro benzene ring substituents is 1. The maximum Gasteiger partial charge on any atom is 0.362 e. The minimum atomic E-state index is -0.854. The van der Waals surface area contributed by atoms with Crippen molar-refractivity contribution in [1.29, 1.82) is 0 Å². The number of hydrogen-bond donors (Lipinski definition) is 0. The SMILES string of the molecule is COC(=O)c1nn(-c2ccc([N+](=O)[O-])cc2Br)ccc1=O. The van der Waals surface area contributed by atoms with E-state index < -0.39 is 16.3 Å². The quantitative estimate of drug-likeness (QED) is 0.472. The van der Waals surface area contributed by atoms with Crippen LogP contribution in [0.5, 0.6) is 0 Å². The monoisotopic (exact) mass is 353 g/mol. The highest BCUT2D eigenvalue weighted by Crippen LogP contribution is 2.25. The Morgan fingerprint density at radius 2 is 2.14 bits per heavy atom. The molecule has 0 saturated carbocycles. The van der Waals surface area contributed by atoms with Crippen LogP contribution in [0.2, 0.25) is 0 Å². The molecule has 0 aliphatic rings. The minimum Gasteiger partial charge on any atom is -0.464 e. The summed E-state index contributed by atoms with van der Waals surface area (Å²) in [5.41, 5.74) is -0.605. The third-order valence-corrected chi connectivity index (χ3v) is 3.21. The molecule has 0 unspecified atom stereocenters. The number of nitrogens with zero attached hydrogens (tertiary/aromatic N) is 3. The summed E-state index contributed by atoms with van der Waals surface area (Å²) < 4.78 is 6.12. The number of benzene rings is 1. The van der Waals surface area contributed by atoms with Gasteiger partial charge in [-0.15, -0.1) is 0 Å². The Labute approximate surface area is 126 Å². The van der Waals surface area contributed by atoms with Crippen molar-refractivity contribution >= 4 is 27.6 Å². The molecule has 8 nitrogen and oxygen atoms in total. The third kappa shape index (κ3) is 2.97. The van der Waals surface area contributed by atoms with Gasteiger partial charge in [-0.1, -0.05) is 0 Å². The summed E-state index contributed by atoms with van der Waals surface area (Å²) in [6.45, 7) is 0. The van der Waals surface area contributed by atoms with E-state index in [4.69, 9.17) is 0 Å². The highest BCUT2D eigenvalue weighted by molar-refractivity contribution is 9.10. The van der Waals surface area contributed by atoms with Gasteiger partial charge in [-0.25, -0.2) is 9.48 Å². The molecule has 0 N–H and O–H groups in total. The van der Waals surface area contributed by atoms with Gasteiger partial charge in [0.1, 0.15) is 0 Å². The molecule has 0 atom stereocenters. The maximum atomic E-state index is 11.6. The van der Waals surface area contributed by atoms with Crippen LogP contribution in [0.25, 0.3) is 5.69 Å². The van der Waals surface area contributed by atoms with E-state index in [-0.39, 0.29) is 11.4 Å². The second-order valence-electron chi connectivity index (χ2n) is 3.86. The Hall–Kier alpha value is -2.55. The number of rotatable bonds is 3. The van der Waals surface area contributed by atoms with Crippen molar-refractivity contribution in [3.63, 3.8) is 0 Å². The van der Waals surface area contributed by atoms with Crippen LogP contribution < -0.4 is 5.43 Å². The molecule has 0 saturated heterocycles. The highest BCUT2D eigenvalue weighted by Gasteiger charge is 2.15. The molecule has 0 aliphatic carbocycles. The van der Waals surface area contributed by atoms with E-state index >= 15 is 0 Å². The van der Waals surface area contributed by atoms with E-state index in [0.29, 0.717) is 10.2 Å². The molecule has 0 bridgehead atoms. The second-order valence-corrected chi connectivity index (χ2v) is 4.71. The molecule has 0 fully saturated rings. The van der Waals surface area contributed by atoms with Gasteiger partial charge in [0.05, 0.1) is 22.2 Å². The Balaban J connectivity index is 2.55. The first kappa shape index (κ1) is 14.9. The van der Waals surface area contributed by atoms with Gasteiger partial charge in [0.15, 0.2) is 0 Å². The summed E-state index contributed by atoms with van der Waals surface area (Å²) in [5, 5.41) is 14.6. The second kappa shape index (κ2) is 5.83. The topological polar surface area (TPSA) is 104 Å². The number of halogens is 1. The van der Waals surface area contributed by atoms with Gasteiger partial charge in [-0.3, -0.25) is 14.9 Å². The lowest BCUT2D eigenvalue weighted by molar-refractivity contribution is -0.384. The van der Waals surface area contributed by atoms with E-state index in [9.17, 15) is 19.7 Å². The molecular formula is C12H8BrN3O5. The largest absolute Gasteiger partial charge is 0.464 e. The predicted molar refractivity (Wildman–Crippen MR) is 75.5 cm³/mol. The lowest BCUT2D eigenvalue weighted by Gasteiger charge is -2.08. The summed E-state index contributed by atoms with van der Waals surface area (Å²) in [7, 11) is 1.14. The van der Waals surface area contributed by atoms with E-state index in [0.717, 1.165) is 13.2 Å². The molecule has 9 heteroatoms. The summed E-state index contributed by atoms with van der Waals surface area (Å²) in [5.74, 6) is -0.854. The zero-order valence-electron chi connectivity index (χ0n) is 10.6. The van der Waals surface area contributed by atoms with Crippen molar-refractivity contribution in [3.8, 4) is 5.69 Å². The van der Waals surface area contributed by atoms with Gasteiger partial charge in [0.25, 0.3) is 5.69 Å². The first-order valence-corrected chi connectivity index (χ1v) is 6.36. The number of nitro benzene ring substituents is 1. The number of nitro groups is 1. The van der Waals surface area contributed by atoms with Gasteiger partial charge < -0.3 is 4.74 Å². The highest BCUT2D eigenvalue weighted by atomic mass is 79.9. The zero-order chi connectivity index (χ0) is 15.6. The van der Waals surface area contributed by atoms with Crippen LogP contribution in [0.3, 0.4) is 0 Å². The number of carbonyl (C=O) groups is 1. The third-order valence-electron chi connectivity index (χ3n) is 2.58. The number of aromatic nitrogens is 2. The first-order valence-electron chi connectivity index (χ1n) is 5.56. The van der Waals surface area contributed by atoms with Crippen LogP contribution in [0.1, 0.15) is 10.5 Å². The summed E-state index contributed by atoms with van der Waals surface area (Å²) >= 11 is 3.19. The molecule has 1 aromatic heterocycles. The molecule has 21 heavy (non-hydrogen) atoms. The molecule has 108 valence electrons. The molecule has 2 aromatic rings. The fraction of sp³-hybridized carbons (Fsp3) is 0.0833. The predicted octanol–water partition coefficient (Wildman–Crippen LogP) is 1.69.